The number of para-hydroxylation sites is 1. The molecule has 1 saturated carbocycles. The maximum Gasteiger partial charge on any atom is 0.275 e. The van der Waals surface area contributed by atoms with Crippen molar-refractivity contribution in [3.05, 3.63) is 96.0 Å². The summed E-state index contributed by atoms with van der Waals surface area (Å²) in [6.07, 6.45) is 16.5. The number of ether oxygens (including phenoxy) is 2. The Labute approximate surface area is 292 Å². The van der Waals surface area contributed by atoms with Gasteiger partial charge in [0.05, 0.1) is 31.8 Å². The van der Waals surface area contributed by atoms with E-state index in [0.29, 0.717) is 18.2 Å². The second-order valence-corrected chi connectivity index (χ2v) is 14.1. The maximum absolute atomic E-state index is 15.0. The second kappa shape index (κ2) is 16.3. The largest absolute Gasteiger partial charge is 0.381 e. The number of aromatic nitrogens is 2. The van der Waals surface area contributed by atoms with Crippen molar-refractivity contribution in [3.63, 3.8) is 0 Å². The molecule has 3 atom stereocenters. The predicted molar refractivity (Wildman–Crippen MR) is 196 cm³/mol. The molecule has 3 fully saturated rings. The number of hydrogen-bond acceptors (Lipinski definition) is 6. The highest BCUT2D eigenvalue weighted by atomic mass is 16.5. The number of morpholine rings is 1. The summed E-state index contributed by atoms with van der Waals surface area (Å²) >= 11 is 0. The molecule has 2 aromatic carbocycles. The zero-order valence-corrected chi connectivity index (χ0v) is 29.2. The number of piperazine rings is 1. The van der Waals surface area contributed by atoms with Crippen molar-refractivity contribution < 1.29 is 14.3 Å². The van der Waals surface area contributed by atoms with Crippen LogP contribution >= 0.6 is 0 Å². The third-order valence-corrected chi connectivity index (χ3v) is 10.9. The zero-order valence-electron chi connectivity index (χ0n) is 29.2. The molecular formula is C41H53N5O3. The lowest BCUT2D eigenvalue weighted by atomic mass is 9.84. The molecule has 3 aromatic rings. The van der Waals surface area contributed by atoms with E-state index in [4.69, 9.17) is 14.5 Å². The summed E-state index contributed by atoms with van der Waals surface area (Å²) < 4.78 is 14.0. The summed E-state index contributed by atoms with van der Waals surface area (Å²) in [5.74, 6) is 0.449. The van der Waals surface area contributed by atoms with Gasteiger partial charge in [0.1, 0.15) is 0 Å². The fraction of sp³-hybridized carbons (Fsp3) is 0.512. The van der Waals surface area contributed by atoms with Crippen molar-refractivity contribution in [2.75, 3.05) is 70.6 Å². The summed E-state index contributed by atoms with van der Waals surface area (Å²) in [5, 5.41) is 0. The number of rotatable bonds is 11. The molecule has 0 radical (unpaired) electrons. The van der Waals surface area contributed by atoms with Crippen molar-refractivity contribution in [1.29, 1.82) is 0 Å². The number of carbonyl (C=O) groups is 1. The quantitative estimate of drug-likeness (QED) is 0.225. The van der Waals surface area contributed by atoms with Crippen LogP contribution in [0.2, 0.25) is 0 Å². The van der Waals surface area contributed by atoms with Crippen molar-refractivity contribution in [3.8, 4) is 11.3 Å². The maximum atomic E-state index is 15.0. The molecule has 260 valence electrons. The van der Waals surface area contributed by atoms with Crippen LogP contribution in [0, 0.1) is 5.92 Å². The fourth-order valence-electron chi connectivity index (χ4n) is 8.40. The number of carbonyl (C=O) groups excluding carboxylic acids is 1. The normalized spacial score (nSPS) is 23.4. The van der Waals surface area contributed by atoms with Crippen LogP contribution in [0.4, 0.5) is 5.69 Å². The van der Waals surface area contributed by atoms with Crippen LogP contribution in [-0.2, 0) is 15.9 Å². The molecule has 0 N–H and O–H groups in total. The van der Waals surface area contributed by atoms with E-state index < -0.39 is 0 Å². The van der Waals surface area contributed by atoms with Crippen molar-refractivity contribution in [1.82, 2.24) is 19.4 Å². The van der Waals surface area contributed by atoms with Gasteiger partial charge >= 0.3 is 0 Å². The number of allylic oxidation sites excluding steroid dienone is 2. The summed E-state index contributed by atoms with van der Waals surface area (Å²) in [6, 6.07) is 19.5. The molecule has 0 bridgehead atoms. The Bertz CT molecular complexity index is 1590. The molecule has 0 spiro atoms. The molecule has 8 heteroatoms. The highest BCUT2D eigenvalue weighted by molar-refractivity contribution is 5.98. The fourth-order valence-corrected chi connectivity index (χ4v) is 8.40. The van der Waals surface area contributed by atoms with Gasteiger partial charge in [0, 0.05) is 75.1 Å². The Morgan fingerprint density at radius 1 is 0.959 bits per heavy atom. The van der Waals surface area contributed by atoms with Crippen LogP contribution in [0.25, 0.3) is 11.3 Å². The van der Waals surface area contributed by atoms with Crippen molar-refractivity contribution >= 4 is 11.6 Å². The van der Waals surface area contributed by atoms with Gasteiger partial charge in [0.25, 0.3) is 5.91 Å². The molecule has 1 amide bonds. The molecule has 1 aromatic heterocycles. The standard InChI is InChI=1S/C41H53N5O3/c1-2-48-30-35-18-10-12-20-38(35)46-31-42-39(40(46)33-15-7-4-8-16-33)41(47)45-22-21-43(28-32-13-5-3-6-14-32)29-36(45)27-34-17-9-11-19-37(34)44-23-25-49-26-24-44/h4-5,7-9,11,13-17,19,31,35-36,38H,2-3,6,10,12,18,20-30H2,1H3/t35-,36+,38+/m0/s1. The summed E-state index contributed by atoms with van der Waals surface area (Å²) in [5.41, 5.74) is 6.52. The molecule has 0 unspecified atom stereocenters. The van der Waals surface area contributed by atoms with Crippen LogP contribution in [0.1, 0.15) is 67.5 Å². The van der Waals surface area contributed by atoms with Crippen LogP contribution in [-0.4, -0.2) is 97.0 Å². The minimum atomic E-state index is 0.0192. The Balaban J connectivity index is 1.22. The number of imidazole rings is 1. The molecule has 49 heavy (non-hydrogen) atoms. The first-order valence-electron chi connectivity index (χ1n) is 18.7. The molecule has 3 heterocycles. The van der Waals surface area contributed by atoms with E-state index in [9.17, 15) is 4.79 Å². The molecule has 2 aliphatic carbocycles. The Kier molecular flexibility index (Phi) is 11.2. The van der Waals surface area contributed by atoms with E-state index in [-0.39, 0.29) is 18.0 Å². The smallest absolute Gasteiger partial charge is 0.275 e. The third-order valence-electron chi connectivity index (χ3n) is 10.9. The number of hydrogen-bond donors (Lipinski definition) is 0. The lowest BCUT2D eigenvalue weighted by molar-refractivity contribution is 0.0468. The van der Waals surface area contributed by atoms with E-state index in [2.05, 4.69) is 92.9 Å². The molecular weight excluding hydrogens is 610 g/mol. The zero-order chi connectivity index (χ0) is 33.4. The van der Waals surface area contributed by atoms with E-state index in [1.165, 1.54) is 29.7 Å². The van der Waals surface area contributed by atoms with Crippen LogP contribution < -0.4 is 4.90 Å². The lowest BCUT2D eigenvalue weighted by Crippen LogP contribution is -2.56. The van der Waals surface area contributed by atoms with Gasteiger partial charge in [-0.05, 0) is 56.2 Å². The van der Waals surface area contributed by atoms with Crippen LogP contribution in [0.5, 0.6) is 0 Å². The van der Waals surface area contributed by atoms with E-state index in [1.807, 2.05) is 12.4 Å². The topological polar surface area (TPSA) is 63.1 Å². The number of anilines is 1. The molecule has 8 nitrogen and oxygen atoms in total. The monoisotopic (exact) mass is 663 g/mol. The number of benzene rings is 2. The summed E-state index contributed by atoms with van der Waals surface area (Å²) in [7, 11) is 0. The van der Waals surface area contributed by atoms with E-state index in [0.717, 1.165) is 103 Å². The molecule has 2 saturated heterocycles. The van der Waals surface area contributed by atoms with Gasteiger partial charge < -0.3 is 23.8 Å². The van der Waals surface area contributed by atoms with E-state index >= 15 is 0 Å². The molecule has 2 aliphatic heterocycles. The average molecular weight is 664 g/mol. The second-order valence-electron chi connectivity index (χ2n) is 14.1. The highest BCUT2D eigenvalue weighted by Crippen LogP contribution is 2.39. The third kappa shape index (κ3) is 7.87. The Hall–Kier alpha value is -3.72. The van der Waals surface area contributed by atoms with Crippen LogP contribution in [0.3, 0.4) is 0 Å². The van der Waals surface area contributed by atoms with Gasteiger partial charge in [-0.3, -0.25) is 9.69 Å². The molecule has 7 rings (SSSR count). The predicted octanol–water partition coefficient (Wildman–Crippen LogP) is 6.80. The van der Waals surface area contributed by atoms with Gasteiger partial charge in [0.15, 0.2) is 5.69 Å². The van der Waals surface area contributed by atoms with Gasteiger partial charge in [-0.15, -0.1) is 0 Å². The van der Waals surface area contributed by atoms with Gasteiger partial charge in [-0.2, -0.15) is 0 Å². The highest BCUT2D eigenvalue weighted by Gasteiger charge is 2.36. The number of nitrogens with zero attached hydrogens (tertiary/aromatic N) is 5. The first-order valence-corrected chi connectivity index (χ1v) is 18.7. The first kappa shape index (κ1) is 33.8. The lowest BCUT2D eigenvalue weighted by Gasteiger charge is -2.42. The van der Waals surface area contributed by atoms with Crippen LogP contribution in [0.15, 0.2) is 84.7 Å². The van der Waals surface area contributed by atoms with Crippen molar-refractivity contribution in [2.45, 2.75) is 64.0 Å². The van der Waals surface area contributed by atoms with Gasteiger partial charge in [-0.25, -0.2) is 4.98 Å². The SMILES string of the molecule is CCOC[C@@H]1CCCC[C@H]1n1cnc(C(=O)N2CCN(CC3=CCCC=C3)C[C@H]2Cc2ccccc2N2CCOCC2)c1-c1ccccc1. The minimum Gasteiger partial charge on any atom is -0.381 e. The number of amides is 1. The summed E-state index contributed by atoms with van der Waals surface area (Å²) in [6.45, 7) is 10.1. The summed E-state index contributed by atoms with van der Waals surface area (Å²) in [4.78, 5) is 27.1. The van der Waals surface area contributed by atoms with Gasteiger partial charge in [0.2, 0.25) is 0 Å². The van der Waals surface area contributed by atoms with E-state index in [1.54, 1.807) is 0 Å². The van der Waals surface area contributed by atoms with Crippen molar-refractivity contribution in [2.24, 2.45) is 5.92 Å². The minimum absolute atomic E-state index is 0.0192. The average Bonchev–Trinajstić information content (AvgIpc) is 3.60. The molecule has 4 aliphatic rings. The first-order chi connectivity index (χ1) is 24.2. The Morgan fingerprint density at radius 3 is 2.59 bits per heavy atom. The van der Waals surface area contributed by atoms with Gasteiger partial charge in [-0.1, -0.05) is 79.6 Å². The Morgan fingerprint density at radius 2 is 1.78 bits per heavy atom.